The molecule has 0 aliphatic heterocycles. The minimum absolute atomic E-state index is 0.231. The predicted octanol–water partition coefficient (Wildman–Crippen LogP) is 2.42. The number of aromatic nitrogens is 3. The Bertz CT molecular complexity index is 894. The number of carboxylic acids is 1. The van der Waals surface area contributed by atoms with Crippen LogP contribution in [0.25, 0.3) is 11.0 Å². The lowest BCUT2D eigenvalue weighted by Crippen LogP contribution is -2.08. The summed E-state index contributed by atoms with van der Waals surface area (Å²) in [5.74, 6) is -0.690. The van der Waals surface area contributed by atoms with Crippen LogP contribution in [0.5, 0.6) is 0 Å². The zero-order chi connectivity index (χ0) is 19.1. The largest absolute Gasteiger partial charge is 0.481 e. The summed E-state index contributed by atoms with van der Waals surface area (Å²) in [5.41, 5.74) is 2.24. The molecule has 2 heterocycles. The van der Waals surface area contributed by atoms with Crippen LogP contribution in [0, 0.1) is 5.92 Å². The van der Waals surface area contributed by atoms with E-state index in [-0.39, 0.29) is 18.4 Å². The average Bonchev–Trinajstić information content (AvgIpc) is 3.01. The Morgan fingerprint density at radius 2 is 1.85 bits per heavy atom. The fraction of sp³-hybridized carbons (Fsp3) is 0.278. The first-order valence-corrected chi connectivity index (χ1v) is 9.33. The van der Waals surface area contributed by atoms with Crippen molar-refractivity contribution in [3.05, 3.63) is 54.4 Å². The molecule has 26 heavy (non-hydrogen) atoms. The number of aliphatic hydroxyl groups is 1. The number of hydrogen-bond donors (Lipinski definition) is 2. The van der Waals surface area contributed by atoms with Crippen molar-refractivity contribution < 1.29 is 19.2 Å². The lowest BCUT2D eigenvalue weighted by molar-refractivity contribution is -0.140. The molecule has 8 heteroatoms. The van der Waals surface area contributed by atoms with Gasteiger partial charge in [0, 0.05) is 6.20 Å². The molecule has 0 fully saturated rings. The fourth-order valence-electron chi connectivity index (χ4n) is 2.05. The number of aliphatic hydroxyl groups excluding tert-OH is 1. The number of nitrogens with zero attached hydrogens (tertiary/aromatic N) is 3. The molecular formula is C18H21N3O4S. The number of para-hydroxylation sites is 2. The summed E-state index contributed by atoms with van der Waals surface area (Å²) in [6.07, 6.45) is 1.67. The number of carbonyl (C=O) groups is 1. The Kier molecular flexibility index (Phi) is 6.99. The zero-order valence-electron chi connectivity index (χ0n) is 14.6. The van der Waals surface area contributed by atoms with Crippen molar-refractivity contribution in [1.82, 2.24) is 14.5 Å². The maximum absolute atomic E-state index is 12.4. The molecule has 0 aliphatic rings. The van der Waals surface area contributed by atoms with Crippen LogP contribution in [-0.4, -0.2) is 34.9 Å². The maximum atomic E-state index is 12.4. The summed E-state index contributed by atoms with van der Waals surface area (Å²) in [7, 11) is -1.35. The summed E-state index contributed by atoms with van der Waals surface area (Å²) in [6.45, 7) is 3.04. The smallest absolute Gasteiger partial charge is 0.305 e. The van der Waals surface area contributed by atoms with Gasteiger partial charge in [-0.3, -0.25) is 18.6 Å². The van der Waals surface area contributed by atoms with Crippen molar-refractivity contribution in [2.75, 3.05) is 0 Å². The highest BCUT2D eigenvalue weighted by Gasteiger charge is 2.16. The molecule has 138 valence electrons. The van der Waals surface area contributed by atoms with Gasteiger partial charge < -0.3 is 10.2 Å². The normalized spacial score (nSPS) is 11.8. The molecule has 0 saturated carbocycles. The minimum atomic E-state index is -1.35. The van der Waals surface area contributed by atoms with E-state index < -0.39 is 16.8 Å². The molecule has 7 nitrogen and oxygen atoms in total. The highest BCUT2D eigenvalue weighted by atomic mass is 32.2. The van der Waals surface area contributed by atoms with Gasteiger partial charge in [0.15, 0.2) is 0 Å². The van der Waals surface area contributed by atoms with Gasteiger partial charge in [0.05, 0.1) is 39.2 Å². The Morgan fingerprint density at radius 1 is 1.19 bits per heavy atom. The average molecular weight is 375 g/mol. The molecule has 1 atom stereocenters. The second-order valence-electron chi connectivity index (χ2n) is 5.76. The van der Waals surface area contributed by atoms with Crippen LogP contribution in [0.15, 0.2) is 53.8 Å². The van der Waals surface area contributed by atoms with Crippen LogP contribution in [0.4, 0.5) is 0 Å². The minimum Gasteiger partial charge on any atom is -0.481 e. The molecular weight excluding hydrogens is 354 g/mol. The van der Waals surface area contributed by atoms with E-state index >= 15 is 0 Å². The van der Waals surface area contributed by atoms with Gasteiger partial charge in [0.2, 0.25) is 5.16 Å². The van der Waals surface area contributed by atoms with Gasteiger partial charge in [-0.25, -0.2) is 4.98 Å². The van der Waals surface area contributed by atoms with E-state index in [1.165, 1.54) is 0 Å². The van der Waals surface area contributed by atoms with Crippen LogP contribution < -0.4 is 0 Å². The van der Waals surface area contributed by atoms with Crippen LogP contribution in [-0.2, 0) is 28.1 Å². The molecule has 2 N–H and O–H groups in total. The van der Waals surface area contributed by atoms with Gasteiger partial charge in [-0.2, -0.15) is 0 Å². The van der Waals surface area contributed by atoms with Crippen LogP contribution in [0.2, 0.25) is 0 Å². The monoisotopic (exact) mass is 375 g/mol. The third-order valence-corrected chi connectivity index (χ3v) is 4.74. The highest BCUT2D eigenvalue weighted by molar-refractivity contribution is 7.84. The third-order valence-electron chi connectivity index (χ3n) is 3.46. The fourth-order valence-corrected chi connectivity index (χ4v) is 3.22. The Morgan fingerprint density at radius 3 is 2.42 bits per heavy atom. The number of imidazole rings is 1. The van der Waals surface area contributed by atoms with E-state index in [0.717, 1.165) is 16.7 Å². The number of pyridine rings is 1. The molecule has 3 aromatic rings. The molecule has 0 radical (unpaired) electrons. The van der Waals surface area contributed by atoms with Gasteiger partial charge in [0.1, 0.15) is 6.73 Å². The number of benzene rings is 1. The van der Waals surface area contributed by atoms with Crippen LogP contribution in [0.1, 0.15) is 19.5 Å². The summed E-state index contributed by atoms with van der Waals surface area (Å²) in [6, 6.07) is 12.9. The Balaban J connectivity index is 0.000000352. The third kappa shape index (κ3) is 4.96. The van der Waals surface area contributed by atoms with Crippen molar-refractivity contribution >= 4 is 27.8 Å². The lowest BCUT2D eigenvalue weighted by atomic mass is 10.2. The molecule has 0 aliphatic carbocycles. The quantitative estimate of drug-likeness (QED) is 0.709. The topological polar surface area (TPSA) is 105 Å². The molecule has 3 rings (SSSR count). The van der Waals surface area contributed by atoms with Crippen molar-refractivity contribution in [2.45, 2.75) is 31.5 Å². The Hall–Kier alpha value is -2.58. The standard InChI is InChI=1S/C14H13N3O2S.C4H8O2/c18-10-17-13-7-2-1-6-12(13)16-14(17)20(19)9-11-5-3-4-8-15-11;1-3(2)4(5)6/h1-8,18H,9-10H2;3H,1-2H3,(H,5,6). The number of aliphatic carboxylic acids is 1. The van der Waals surface area contributed by atoms with E-state index in [0.29, 0.717) is 5.16 Å². The van der Waals surface area contributed by atoms with Crippen LogP contribution >= 0.6 is 0 Å². The second kappa shape index (κ2) is 9.21. The number of rotatable bonds is 5. The van der Waals surface area contributed by atoms with E-state index in [2.05, 4.69) is 9.97 Å². The van der Waals surface area contributed by atoms with Crippen molar-refractivity contribution in [3.63, 3.8) is 0 Å². The van der Waals surface area contributed by atoms with Crippen LogP contribution in [0.3, 0.4) is 0 Å². The second-order valence-corrected chi connectivity index (χ2v) is 7.10. The number of fused-ring (bicyclic) bond motifs is 1. The zero-order valence-corrected chi connectivity index (χ0v) is 15.4. The lowest BCUT2D eigenvalue weighted by Gasteiger charge is -2.04. The first-order valence-electron chi connectivity index (χ1n) is 8.01. The summed E-state index contributed by atoms with van der Waals surface area (Å²) < 4.78 is 14.0. The van der Waals surface area contributed by atoms with Gasteiger partial charge in [-0.1, -0.05) is 32.0 Å². The molecule has 2 aromatic heterocycles. The SMILES string of the molecule is CC(C)C(=O)O.O=S(Cc1ccccn1)c1nc2ccccc2n1CO. The van der Waals surface area contributed by atoms with Crippen molar-refractivity contribution in [1.29, 1.82) is 0 Å². The highest BCUT2D eigenvalue weighted by Crippen LogP contribution is 2.19. The molecule has 0 saturated heterocycles. The summed E-state index contributed by atoms with van der Waals surface area (Å²) in [4.78, 5) is 18.2. The summed E-state index contributed by atoms with van der Waals surface area (Å²) in [5, 5.41) is 17.9. The van der Waals surface area contributed by atoms with Crippen molar-refractivity contribution in [2.24, 2.45) is 5.92 Å². The first kappa shape index (κ1) is 19.7. The number of carboxylic acid groups (broad SMARTS) is 1. The van der Waals surface area contributed by atoms with E-state index in [9.17, 15) is 14.1 Å². The van der Waals surface area contributed by atoms with Gasteiger partial charge in [0.25, 0.3) is 0 Å². The molecule has 0 spiro atoms. The number of hydrogen-bond acceptors (Lipinski definition) is 5. The van der Waals surface area contributed by atoms with Crippen molar-refractivity contribution in [3.8, 4) is 0 Å². The molecule has 0 bridgehead atoms. The molecule has 1 unspecified atom stereocenters. The van der Waals surface area contributed by atoms with E-state index in [4.69, 9.17) is 5.11 Å². The molecule has 0 amide bonds. The van der Waals surface area contributed by atoms with Gasteiger partial charge in [-0.15, -0.1) is 0 Å². The summed E-state index contributed by atoms with van der Waals surface area (Å²) >= 11 is 0. The van der Waals surface area contributed by atoms with Gasteiger partial charge >= 0.3 is 5.97 Å². The van der Waals surface area contributed by atoms with E-state index in [1.54, 1.807) is 24.6 Å². The first-order chi connectivity index (χ1) is 12.4. The Labute approximate surface area is 153 Å². The molecule has 1 aromatic carbocycles. The van der Waals surface area contributed by atoms with Gasteiger partial charge in [-0.05, 0) is 24.3 Å². The van der Waals surface area contributed by atoms with E-state index in [1.807, 2.05) is 42.5 Å². The maximum Gasteiger partial charge on any atom is 0.305 e. The predicted molar refractivity (Wildman–Crippen MR) is 98.8 cm³/mol.